The summed E-state index contributed by atoms with van der Waals surface area (Å²) >= 11 is 0. The van der Waals surface area contributed by atoms with Crippen LogP contribution in [0.25, 0.3) is 28.0 Å². The Balaban J connectivity index is 1.74. The number of hydrogen-bond donors (Lipinski definition) is 1. The van der Waals surface area contributed by atoms with Crippen LogP contribution in [0.5, 0.6) is 11.5 Å². The van der Waals surface area contributed by atoms with Gasteiger partial charge in [0.2, 0.25) is 0 Å². The fourth-order valence-electron chi connectivity index (χ4n) is 5.97. The summed E-state index contributed by atoms with van der Waals surface area (Å²) in [6.07, 6.45) is 4.47. The number of benzene rings is 3. The van der Waals surface area contributed by atoms with Crippen molar-refractivity contribution in [3.63, 3.8) is 0 Å². The highest BCUT2D eigenvalue weighted by atomic mass is 16.5. The van der Waals surface area contributed by atoms with Gasteiger partial charge >= 0.3 is 0 Å². The lowest BCUT2D eigenvalue weighted by Gasteiger charge is -2.35. The van der Waals surface area contributed by atoms with Gasteiger partial charge in [0.15, 0.2) is 15.7 Å². The highest BCUT2D eigenvalue weighted by molar-refractivity contribution is 6.41. The molecule has 3 aromatic carbocycles. The Morgan fingerprint density at radius 1 is 1.06 bits per heavy atom. The third-order valence-corrected chi connectivity index (χ3v) is 7.57. The molecule has 166 valence electrons. The van der Waals surface area contributed by atoms with Crippen molar-refractivity contribution in [1.82, 2.24) is 5.32 Å². The maximum atomic E-state index is 6.67. The molecule has 4 nitrogen and oxygen atoms in total. The Bertz CT molecular complexity index is 1320. The average Bonchev–Trinajstić information content (AvgIpc) is 3.06. The van der Waals surface area contributed by atoms with Gasteiger partial charge in [0.05, 0.1) is 18.2 Å². The summed E-state index contributed by atoms with van der Waals surface area (Å²) in [5, 5.41) is 5.49. The summed E-state index contributed by atoms with van der Waals surface area (Å²) in [5.74, 6) is 1.88. The second-order valence-electron chi connectivity index (χ2n) is 10.5. The van der Waals surface area contributed by atoms with Gasteiger partial charge in [0.1, 0.15) is 11.5 Å². The summed E-state index contributed by atoms with van der Waals surface area (Å²) in [5.41, 5.74) is 7.70. The summed E-state index contributed by atoms with van der Waals surface area (Å²) in [6.45, 7) is 8.62. The summed E-state index contributed by atoms with van der Waals surface area (Å²) in [4.78, 5) is 2.44. The molecule has 2 heterocycles. The van der Waals surface area contributed by atoms with Crippen LogP contribution in [0, 0.1) is 0 Å². The smallest absolute Gasteiger partial charge is 0.152 e. The number of methoxy groups -OCH3 is 1. The van der Waals surface area contributed by atoms with Crippen LogP contribution in [-0.2, 0) is 5.41 Å². The molecule has 0 radical (unpaired) electrons. The van der Waals surface area contributed by atoms with Crippen molar-refractivity contribution in [3.8, 4) is 22.6 Å². The maximum Gasteiger partial charge on any atom is 0.152 e. The van der Waals surface area contributed by atoms with E-state index in [0.717, 1.165) is 43.1 Å². The summed E-state index contributed by atoms with van der Waals surface area (Å²) in [6, 6.07) is 13.4. The lowest BCUT2D eigenvalue weighted by Crippen LogP contribution is -2.43. The molecule has 6 rings (SSSR count). The molecule has 0 amide bonds. The molecule has 0 aromatic heterocycles. The van der Waals surface area contributed by atoms with Crippen LogP contribution in [0.3, 0.4) is 0 Å². The molecule has 3 aromatic rings. The largest absolute Gasteiger partial charge is 0.500 e. The van der Waals surface area contributed by atoms with E-state index in [1.54, 1.807) is 7.11 Å². The minimum atomic E-state index is -0.353. The Morgan fingerprint density at radius 2 is 1.82 bits per heavy atom. The monoisotopic (exact) mass is 436 g/mol. The maximum absolute atomic E-state index is 6.67. The number of ether oxygens (including phenoxy) is 2. The molecular weight excluding hydrogens is 406 g/mol. The quantitative estimate of drug-likeness (QED) is 0.627. The van der Waals surface area contributed by atoms with E-state index in [0.29, 0.717) is 0 Å². The van der Waals surface area contributed by atoms with Crippen LogP contribution in [-0.4, -0.2) is 54.4 Å². The van der Waals surface area contributed by atoms with Crippen LogP contribution < -0.4 is 19.7 Å². The zero-order chi connectivity index (χ0) is 23.0. The molecule has 1 N–H and O–H groups in total. The first-order valence-corrected chi connectivity index (χ1v) is 12.0. The van der Waals surface area contributed by atoms with E-state index in [1.165, 1.54) is 38.9 Å². The van der Waals surface area contributed by atoms with Gasteiger partial charge in [-0.2, -0.15) is 0 Å². The molecule has 0 spiro atoms. The Morgan fingerprint density at radius 3 is 2.58 bits per heavy atom. The Labute approximate surface area is 197 Å². The van der Waals surface area contributed by atoms with Gasteiger partial charge < -0.3 is 19.7 Å². The fourth-order valence-corrected chi connectivity index (χ4v) is 5.97. The van der Waals surface area contributed by atoms with Gasteiger partial charge in [0, 0.05) is 42.5 Å². The molecule has 0 saturated carbocycles. The third kappa shape index (κ3) is 2.96. The van der Waals surface area contributed by atoms with Crippen molar-refractivity contribution in [2.75, 3.05) is 38.2 Å². The normalized spacial score (nSPS) is 19.5. The second kappa shape index (κ2) is 7.07. The topological polar surface area (TPSA) is 33.7 Å². The molecule has 0 unspecified atom stereocenters. The van der Waals surface area contributed by atoms with E-state index in [1.807, 2.05) is 0 Å². The molecule has 1 saturated heterocycles. The van der Waals surface area contributed by atoms with Crippen LogP contribution in [0.15, 0.2) is 42.5 Å². The average molecular weight is 436 g/mol. The number of rotatable bonds is 2. The number of nitrogens with zero attached hydrogens (tertiary/aromatic N) is 1. The Kier molecular flexibility index (Phi) is 4.44. The molecule has 0 bridgehead atoms. The molecule has 0 atom stereocenters. The highest BCUT2D eigenvalue weighted by Crippen LogP contribution is 2.57. The van der Waals surface area contributed by atoms with Gasteiger partial charge in [-0.05, 0) is 39.8 Å². The van der Waals surface area contributed by atoms with Crippen LogP contribution in [0.2, 0.25) is 0 Å². The number of piperazine rings is 1. The van der Waals surface area contributed by atoms with E-state index < -0.39 is 0 Å². The molecule has 33 heavy (non-hydrogen) atoms. The first-order chi connectivity index (χ1) is 15.8. The SMILES string of the molecule is BC1(B)C=Cc2c3c(c4cc(N5CCNCC5)c(OC)cc4c2O1)-c1ccccc1C3(C)C. The van der Waals surface area contributed by atoms with Crippen molar-refractivity contribution in [2.24, 2.45) is 0 Å². The van der Waals surface area contributed by atoms with Crippen LogP contribution in [0.1, 0.15) is 30.5 Å². The van der Waals surface area contributed by atoms with E-state index in [4.69, 9.17) is 9.47 Å². The molecule has 2 aliphatic heterocycles. The van der Waals surface area contributed by atoms with Gasteiger partial charge in [-0.3, -0.25) is 0 Å². The van der Waals surface area contributed by atoms with Crippen molar-refractivity contribution >= 4 is 38.2 Å². The van der Waals surface area contributed by atoms with E-state index in [9.17, 15) is 0 Å². The molecule has 3 aliphatic rings. The zero-order valence-electron chi connectivity index (χ0n) is 20.2. The fraction of sp³-hybridized carbons (Fsp3) is 0.333. The first kappa shape index (κ1) is 20.7. The summed E-state index contributed by atoms with van der Waals surface area (Å²) in [7, 11) is 6.02. The van der Waals surface area contributed by atoms with Gasteiger partial charge in [0.25, 0.3) is 0 Å². The number of hydrogen-bond acceptors (Lipinski definition) is 4. The van der Waals surface area contributed by atoms with Crippen molar-refractivity contribution < 1.29 is 9.47 Å². The van der Waals surface area contributed by atoms with E-state index >= 15 is 0 Å². The predicted molar refractivity (Wildman–Crippen MR) is 143 cm³/mol. The lowest BCUT2D eigenvalue weighted by molar-refractivity contribution is 0.287. The van der Waals surface area contributed by atoms with Crippen LogP contribution >= 0.6 is 0 Å². The van der Waals surface area contributed by atoms with Crippen LogP contribution in [0.4, 0.5) is 5.69 Å². The van der Waals surface area contributed by atoms with Crippen molar-refractivity contribution in [1.29, 1.82) is 0 Å². The van der Waals surface area contributed by atoms with E-state index in [-0.39, 0.29) is 10.8 Å². The predicted octanol–water partition coefficient (Wildman–Crippen LogP) is 2.89. The zero-order valence-corrected chi connectivity index (χ0v) is 20.2. The lowest BCUT2D eigenvalue weighted by atomic mass is 9.63. The molecular formula is C27H30B2N2O2. The number of nitrogens with one attached hydrogen (secondary N) is 1. The van der Waals surface area contributed by atoms with Gasteiger partial charge in [-0.15, -0.1) is 0 Å². The third-order valence-electron chi connectivity index (χ3n) is 7.57. The van der Waals surface area contributed by atoms with Crippen molar-refractivity contribution in [3.05, 3.63) is 59.2 Å². The minimum Gasteiger partial charge on any atom is -0.500 e. The van der Waals surface area contributed by atoms with Crippen molar-refractivity contribution in [2.45, 2.75) is 24.7 Å². The standard InChI is InChI=1S/C27H30B2N2O2/c1-26(2)20-7-5-4-6-16(20)23-18-14-21(31-12-10-30-11-13-31)22(32-3)15-19(18)25-17(24(23)26)8-9-27(28,29)33-25/h4-9,14-15,30H,10-13,28-29H2,1-3H3. The highest BCUT2D eigenvalue weighted by Gasteiger charge is 2.41. The molecule has 1 fully saturated rings. The molecule has 1 aliphatic carbocycles. The molecule has 6 heteroatoms. The summed E-state index contributed by atoms with van der Waals surface area (Å²) < 4.78 is 12.6. The van der Waals surface area contributed by atoms with E-state index in [2.05, 4.69) is 88.3 Å². The second-order valence-corrected chi connectivity index (χ2v) is 10.5. The van der Waals surface area contributed by atoms with Gasteiger partial charge in [-0.1, -0.05) is 50.3 Å². The number of fused-ring (bicyclic) bond motifs is 8. The number of anilines is 1. The minimum absolute atomic E-state index is 0.103. The Hall–Kier alpha value is -2.85. The first-order valence-electron chi connectivity index (χ1n) is 12.0. The van der Waals surface area contributed by atoms with Gasteiger partial charge in [-0.25, -0.2) is 0 Å².